The molecule has 0 aliphatic heterocycles. The van der Waals surface area contributed by atoms with Crippen molar-refractivity contribution in [3.05, 3.63) is 58.9 Å². The first-order chi connectivity index (χ1) is 13.7. The number of benzene rings is 1. The number of aryl methyl sites for hydroxylation is 2. The number of amides is 1. The van der Waals surface area contributed by atoms with Crippen LogP contribution < -0.4 is 5.32 Å². The molecule has 1 aliphatic carbocycles. The van der Waals surface area contributed by atoms with Crippen molar-refractivity contribution in [1.82, 2.24) is 20.1 Å². The lowest BCUT2D eigenvalue weighted by atomic mass is 10.1. The number of unbranched alkanes of at least 4 members (excludes halogenated alkanes) is 1. The van der Waals surface area contributed by atoms with Crippen molar-refractivity contribution in [2.24, 2.45) is 0 Å². The summed E-state index contributed by atoms with van der Waals surface area (Å²) in [5.41, 5.74) is 4.74. The van der Waals surface area contributed by atoms with E-state index in [4.69, 9.17) is 10.1 Å². The van der Waals surface area contributed by atoms with Crippen LogP contribution in [-0.2, 0) is 13.0 Å². The lowest BCUT2D eigenvalue weighted by molar-refractivity contribution is 0.0955. The Bertz CT molecular complexity index is 973. The van der Waals surface area contributed by atoms with Gasteiger partial charge >= 0.3 is 0 Å². The van der Waals surface area contributed by atoms with Crippen LogP contribution in [0.15, 0.2) is 36.4 Å². The summed E-state index contributed by atoms with van der Waals surface area (Å²) in [6.07, 6.45) is 5.32. The van der Waals surface area contributed by atoms with Gasteiger partial charge in [-0.1, -0.05) is 43.7 Å². The maximum atomic E-state index is 13.0. The highest BCUT2D eigenvalue weighted by Gasteiger charge is 2.28. The molecule has 146 valence electrons. The van der Waals surface area contributed by atoms with Gasteiger partial charge in [-0.2, -0.15) is 5.10 Å². The quantitative estimate of drug-likeness (QED) is 0.634. The van der Waals surface area contributed by atoms with Crippen LogP contribution in [0.5, 0.6) is 0 Å². The van der Waals surface area contributed by atoms with Crippen LogP contribution in [0.2, 0.25) is 0 Å². The molecule has 0 radical (unpaired) electrons. The molecule has 3 aromatic rings. The number of carbonyl (C=O) groups is 1. The van der Waals surface area contributed by atoms with Gasteiger partial charge in [-0.25, -0.2) is 9.67 Å². The second-order valence-electron chi connectivity index (χ2n) is 7.72. The van der Waals surface area contributed by atoms with E-state index in [1.54, 1.807) is 0 Å². The predicted octanol–water partition coefficient (Wildman–Crippen LogP) is 4.39. The number of nitrogens with one attached hydrogen (secondary N) is 1. The Morgan fingerprint density at radius 3 is 2.75 bits per heavy atom. The Morgan fingerprint density at radius 1 is 1.25 bits per heavy atom. The highest BCUT2D eigenvalue weighted by molar-refractivity contribution is 6.06. The largest absolute Gasteiger partial charge is 0.352 e. The van der Waals surface area contributed by atoms with Gasteiger partial charge in [0, 0.05) is 24.7 Å². The molecule has 28 heavy (non-hydrogen) atoms. The van der Waals surface area contributed by atoms with Gasteiger partial charge in [-0.3, -0.25) is 4.79 Å². The molecule has 1 aliphatic rings. The fraction of sp³-hybridized carbons (Fsp3) is 0.435. The molecule has 0 unspecified atom stereocenters. The zero-order valence-electron chi connectivity index (χ0n) is 16.7. The lowest BCUT2D eigenvalue weighted by Gasteiger charge is -2.10. The minimum absolute atomic E-state index is 0.0247. The lowest BCUT2D eigenvalue weighted by Crippen LogP contribution is -2.26. The summed E-state index contributed by atoms with van der Waals surface area (Å²) in [6, 6.07) is 12.2. The normalized spacial score (nSPS) is 13.8. The monoisotopic (exact) mass is 376 g/mol. The second-order valence-corrected chi connectivity index (χ2v) is 7.72. The summed E-state index contributed by atoms with van der Waals surface area (Å²) in [6.45, 7) is 5.61. The van der Waals surface area contributed by atoms with Crippen molar-refractivity contribution in [1.29, 1.82) is 0 Å². The maximum absolute atomic E-state index is 13.0. The van der Waals surface area contributed by atoms with Crippen molar-refractivity contribution in [3.63, 3.8) is 0 Å². The Labute approximate surface area is 166 Å². The van der Waals surface area contributed by atoms with E-state index in [-0.39, 0.29) is 5.91 Å². The number of rotatable bonds is 8. The van der Waals surface area contributed by atoms with E-state index in [1.807, 2.05) is 35.9 Å². The molecule has 0 saturated heterocycles. The minimum atomic E-state index is -0.0247. The Kier molecular flexibility index (Phi) is 5.42. The molecule has 0 bridgehead atoms. The topological polar surface area (TPSA) is 59.8 Å². The smallest absolute Gasteiger partial charge is 0.252 e. The molecule has 1 amide bonds. The van der Waals surface area contributed by atoms with Crippen LogP contribution >= 0.6 is 0 Å². The molecule has 1 N–H and O–H groups in total. The molecule has 2 aromatic heterocycles. The molecule has 5 nitrogen and oxygen atoms in total. The number of hydrogen-bond acceptors (Lipinski definition) is 3. The zero-order chi connectivity index (χ0) is 19.5. The first-order valence-corrected chi connectivity index (χ1v) is 10.4. The first kappa shape index (κ1) is 18.7. The van der Waals surface area contributed by atoms with Crippen molar-refractivity contribution >= 4 is 16.9 Å². The summed E-state index contributed by atoms with van der Waals surface area (Å²) in [4.78, 5) is 17.9. The highest BCUT2D eigenvalue weighted by atomic mass is 16.1. The van der Waals surface area contributed by atoms with E-state index in [1.165, 1.54) is 5.56 Å². The van der Waals surface area contributed by atoms with Crippen LogP contribution in [0.3, 0.4) is 0 Å². The molecule has 0 atom stereocenters. The molecule has 2 heterocycles. The third-order valence-corrected chi connectivity index (χ3v) is 5.40. The first-order valence-electron chi connectivity index (χ1n) is 10.4. The number of carbonyl (C=O) groups excluding carboxylic acids is 1. The fourth-order valence-corrected chi connectivity index (χ4v) is 3.66. The molecule has 5 heteroatoms. The van der Waals surface area contributed by atoms with Crippen molar-refractivity contribution in [3.8, 4) is 0 Å². The van der Waals surface area contributed by atoms with Crippen molar-refractivity contribution in [2.75, 3.05) is 6.54 Å². The summed E-state index contributed by atoms with van der Waals surface area (Å²) in [7, 11) is 0. The number of hydrogen-bond donors (Lipinski definition) is 1. The standard InChI is InChI=1S/C23H28N4O/c1-3-4-14-27-22-21(16(2)26-27)19(15-20(25-22)18-10-11-18)23(28)24-13-12-17-8-6-5-7-9-17/h5-9,15,18H,3-4,10-14H2,1-2H3,(H,24,28). The third-order valence-electron chi connectivity index (χ3n) is 5.40. The van der Waals surface area contributed by atoms with Gasteiger partial charge in [-0.15, -0.1) is 0 Å². The molecule has 1 aromatic carbocycles. The summed E-state index contributed by atoms with van der Waals surface area (Å²) in [5.74, 6) is 0.471. The maximum Gasteiger partial charge on any atom is 0.252 e. The van der Waals surface area contributed by atoms with E-state index in [0.717, 1.165) is 66.6 Å². The SMILES string of the molecule is CCCCn1nc(C)c2c(C(=O)NCCc3ccccc3)cc(C3CC3)nc21. The van der Waals surface area contributed by atoms with Crippen LogP contribution in [0.1, 0.15) is 65.8 Å². The van der Waals surface area contributed by atoms with E-state index in [9.17, 15) is 4.79 Å². The van der Waals surface area contributed by atoms with Gasteiger partial charge in [0.05, 0.1) is 16.6 Å². The third kappa shape index (κ3) is 3.93. The van der Waals surface area contributed by atoms with Crippen molar-refractivity contribution in [2.45, 2.75) is 58.4 Å². The highest BCUT2D eigenvalue weighted by Crippen LogP contribution is 2.40. The van der Waals surface area contributed by atoms with E-state index >= 15 is 0 Å². The summed E-state index contributed by atoms with van der Waals surface area (Å²) in [5, 5.41) is 8.70. The van der Waals surface area contributed by atoms with Gasteiger partial charge in [0.25, 0.3) is 5.91 Å². The number of fused-ring (bicyclic) bond motifs is 1. The van der Waals surface area contributed by atoms with Crippen molar-refractivity contribution < 1.29 is 4.79 Å². The molecule has 0 spiro atoms. The van der Waals surface area contributed by atoms with Gasteiger partial charge < -0.3 is 5.32 Å². The van der Waals surface area contributed by atoms with Gasteiger partial charge in [0.2, 0.25) is 0 Å². The fourth-order valence-electron chi connectivity index (χ4n) is 3.66. The predicted molar refractivity (Wildman–Crippen MR) is 112 cm³/mol. The molecule has 1 fully saturated rings. The average Bonchev–Trinajstić information content (AvgIpc) is 3.51. The average molecular weight is 377 g/mol. The van der Waals surface area contributed by atoms with Crippen LogP contribution in [0, 0.1) is 6.92 Å². The van der Waals surface area contributed by atoms with Crippen LogP contribution in [0.4, 0.5) is 0 Å². The zero-order valence-corrected chi connectivity index (χ0v) is 16.7. The molecular formula is C23H28N4O. The summed E-state index contributed by atoms with van der Waals surface area (Å²) < 4.78 is 1.99. The van der Waals surface area contributed by atoms with Gasteiger partial charge in [0.1, 0.15) is 0 Å². The van der Waals surface area contributed by atoms with Gasteiger partial charge in [0.15, 0.2) is 5.65 Å². The van der Waals surface area contributed by atoms with E-state index in [0.29, 0.717) is 12.5 Å². The Hall–Kier alpha value is -2.69. The Morgan fingerprint density at radius 2 is 2.04 bits per heavy atom. The van der Waals surface area contributed by atoms with Crippen LogP contribution in [-0.4, -0.2) is 27.2 Å². The Balaban J connectivity index is 1.61. The number of aromatic nitrogens is 3. The van der Waals surface area contributed by atoms with Crippen LogP contribution in [0.25, 0.3) is 11.0 Å². The molecular weight excluding hydrogens is 348 g/mol. The van der Waals surface area contributed by atoms with E-state index < -0.39 is 0 Å². The summed E-state index contributed by atoms with van der Waals surface area (Å²) >= 11 is 0. The van der Waals surface area contributed by atoms with E-state index in [2.05, 4.69) is 24.4 Å². The minimum Gasteiger partial charge on any atom is -0.352 e. The van der Waals surface area contributed by atoms with Gasteiger partial charge in [-0.05, 0) is 44.2 Å². The number of pyridine rings is 1. The second kappa shape index (κ2) is 8.13. The molecule has 4 rings (SSSR count). The number of nitrogens with zero attached hydrogens (tertiary/aromatic N) is 3. The molecule has 1 saturated carbocycles.